The lowest BCUT2D eigenvalue weighted by Crippen LogP contribution is -2.13. The van der Waals surface area contributed by atoms with Gasteiger partial charge in [0.05, 0.1) is 26.9 Å². The molecule has 26 heavy (non-hydrogen) atoms. The van der Waals surface area contributed by atoms with Gasteiger partial charge in [0.25, 0.3) is 0 Å². The Bertz CT molecular complexity index is 724. The maximum absolute atomic E-state index is 12.3. The molecule has 0 heterocycles. The second kappa shape index (κ2) is 8.99. The number of ether oxygens (including phenoxy) is 5. The molecular weight excluding hydrogens is 336 g/mol. The lowest BCUT2D eigenvalue weighted by atomic mass is 10.1. The van der Waals surface area contributed by atoms with Crippen molar-refractivity contribution in [2.75, 3.05) is 34.5 Å². The minimum atomic E-state index is -0.492. The first-order valence-corrected chi connectivity index (χ1v) is 8.16. The molecule has 0 aliphatic carbocycles. The number of carbonyl (C=O) groups is 1. The lowest BCUT2D eigenvalue weighted by molar-refractivity contribution is 0.0449. The number of esters is 1. The van der Waals surface area contributed by atoms with Crippen molar-refractivity contribution in [2.24, 2.45) is 0 Å². The quantitative estimate of drug-likeness (QED) is 0.530. The van der Waals surface area contributed by atoms with Crippen molar-refractivity contribution in [2.45, 2.75) is 13.8 Å². The number of rotatable bonds is 8. The van der Waals surface area contributed by atoms with Gasteiger partial charge in [-0.2, -0.15) is 0 Å². The highest BCUT2D eigenvalue weighted by atomic mass is 16.6. The van der Waals surface area contributed by atoms with E-state index >= 15 is 0 Å². The highest BCUT2D eigenvalue weighted by Crippen LogP contribution is 2.38. The monoisotopic (exact) mass is 360 g/mol. The number of benzene rings is 2. The molecule has 0 aliphatic heterocycles. The first-order chi connectivity index (χ1) is 12.5. The average Bonchev–Trinajstić information content (AvgIpc) is 2.62. The van der Waals surface area contributed by atoms with Crippen LogP contribution in [0.4, 0.5) is 0 Å². The number of methoxy groups -OCH3 is 3. The van der Waals surface area contributed by atoms with Gasteiger partial charge in [0, 0.05) is 0 Å². The summed E-state index contributed by atoms with van der Waals surface area (Å²) in [5, 5.41) is 0. The summed E-state index contributed by atoms with van der Waals surface area (Å²) in [6.45, 7) is 4.40. The molecule has 2 aromatic rings. The first kappa shape index (κ1) is 19.4. The molecule has 0 aromatic heterocycles. The normalized spacial score (nSPS) is 10.2. The molecule has 140 valence electrons. The Morgan fingerprint density at radius 1 is 0.808 bits per heavy atom. The third-order valence-electron chi connectivity index (χ3n) is 3.68. The van der Waals surface area contributed by atoms with Gasteiger partial charge in [-0.1, -0.05) is 6.07 Å². The van der Waals surface area contributed by atoms with Crippen LogP contribution in [0, 0.1) is 13.8 Å². The van der Waals surface area contributed by atoms with Crippen molar-refractivity contribution >= 4 is 5.97 Å². The van der Waals surface area contributed by atoms with Gasteiger partial charge < -0.3 is 23.7 Å². The van der Waals surface area contributed by atoms with E-state index in [9.17, 15) is 4.79 Å². The van der Waals surface area contributed by atoms with Gasteiger partial charge in [-0.25, -0.2) is 4.79 Å². The zero-order chi connectivity index (χ0) is 19.1. The molecule has 0 aliphatic rings. The summed E-state index contributed by atoms with van der Waals surface area (Å²) in [6, 6.07) is 9.04. The van der Waals surface area contributed by atoms with Crippen LogP contribution in [0.15, 0.2) is 30.3 Å². The summed E-state index contributed by atoms with van der Waals surface area (Å²) >= 11 is 0. The molecule has 0 amide bonds. The topological polar surface area (TPSA) is 63.2 Å². The fourth-order valence-electron chi connectivity index (χ4n) is 2.59. The van der Waals surface area contributed by atoms with Crippen molar-refractivity contribution in [3.63, 3.8) is 0 Å². The van der Waals surface area contributed by atoms with Crippen LogP contribution in [0.2, 0.25) is 0 Å². The third-order valence-corrected chi connectivity index (χ3v) is 3.68. The number of hydrogen-bond acceptors (Lipinski definition) is 6. The molecule has 0 bridgehead atoms. The van der Waals surface area contributed by atoms with E-state index in [1.54, 1.807) is 12.1 Å². The number of aryl methyl sites for hydroxylation is 2. The Hall–Kier alpha value is -2.89. The minimum absolute atomic E-state index is 0.127. The van der Waals surface area contributed by atoms with Crippen molar-refractivity contribution in [3.05, 3.63) is 47.0 Å². The smallest absolute Gasteiger partial charge is 0.338 e. The highest BCUT2D eigenvalue weighted by Gasteiger charge is 2.17. The van der Waals surface area contributed by atoms with E-state index in [-0.39, 0.29) is 13.2 Å². The van der Waals surface area contributed by atoms with Gasteiger partial charge in [-0.3, -0.25) is 0 Å². The lowest BCUT2D eigenvalue weighted by Gasteiger charge is -2.14. The Morgan fingerprint density at radius 3 is 1.88 bits per heavy atom. The summed E-state index contributed by atoms with van der Waals surface area (Å²) in [6.07, 6.45) is 0. The van der Waals surface area contributed by atoms with E-state index in [4.69, 9.17) is 23.7 Å². The Morgan fingerprint density at radius 2 is 1.38 bits per heavy atom. The Balaban J connectivity index is 1.97. The molecule has 0 N–H and O–H groups in total. The third kappa shape index (κ3) is 4.81. The Labute approximate surface area is 153 Å². The van der Waals surface area contributed by atoms with Gasteiger partial charge in [0.2, 0.25) is 5.75 Å². The molecule has 0 saturated heterocycles. The zero-order valence-electron chi connectivity index (χ0n) is 15.8. The van der Waals surface area contributed by atoms with Crippen LogP contribution in [0.5, 0.6) is 23.0 Å². The number of hydrogen-bond donors (Lipinski definition) is 0. The highest BCUT2D eigenvalue weighted by molar-refractivity contribution is 5.91. The van der Waals surface area contributed by atoms with Crippen LogP contribution in [-0.2, 0) is 4.74 Å². The van der Waals surface area contributed by atoms with E-state index in [0.29, 0.717) is 22.8 Å². The zero-order valence-corrected chi connectivity index (χ0v) is 15.8. The Kier molecular flexibility index (Phi) is 6.72. The van der Waals surface area contributed by atoms with Crippen LogP contribution >= 0.6 is 0 Å². The van der Waals surface area contributed by atoms with Crippen LogP contribution in [0.3, 0.4) is 0 Å². The minimum Gasteiger partial charge on any atom is -0.493 e. The largest absolute Gasteiger partial charge is 0.493 e. The molecule has 0 unspecified atom stereocenters. The van der Waals surface area contributed by atoms with E-state index in [0.717, 1.165) is 16.9 Å². The van der Waals surface area contributed by atoms with Crippen molar-refractivity contribution in [1.82, 2.24) is 0 Å². The predicted octanol–water partition coefficient (Wildman–Crippen LogP) is 3.57. The first-order valence-electron chi connectivity index (χ1n) is 8.16. The van der Waals surface area contributed by atoms with E-state index in [2.05, 4.69) is 6.07 Å². The summed E-state index contributed by atoms with van der Waals surface area (Å²) in [4.78, 5) is 12.3. The van der Waals surface area contributed by atoms with E-state index in [1.807, 2.05) is 26.0 Å². The molecule has 0 saturated carbocycles. The molecule has 2 rings (SSSR count). The fraction of sp³-hybridized carbons (Fsp3) is 0.350. The molecule has 2 aromatic carbocycles. The average molecular weight is 360 g/mol. The molecule has 0 fully saturated rings. The second-order valence-corrected chi connectivity index (χ2v) is 5.72. The van der Waals surface area contributed by atoms with Gasteiger partial charge >= 0.3 is 5.97 Å². The molecule has 6 heteroatoms. The van der Waals surface area contributed by atoms with Crippen LogP contribution in [0.1, 0.15) is 21.5 Å². The van der Waals surface area contributed by atoms with Gasteiger partial charge in [-0.05, 0) is 49.2 Å². The molecule has 0 spiro atoms. The molecule has 6 nitrogen and oxygen atoms in total. The molecule has 0 radical (unpaired) electrons. The van der Waals surface area contributed by atoms with E-state index in [1.165, 1.54) is 21.3 Å². The molecular formula is C20H24O6. The second-order valence-electron chi connectivity index (χ2n) is 5.72. The maximum atomic E-state index is 12.3. The molecule has 0 atom stereocenters. The summed E-state index contributed by atoms with van der Waals surface area (Å²) < 4.78 is 26.6. The SMILES string of the molecule is COc1cc(C(=O)OCCOc2cc(C)cc(C)c2)cc(OC)c1OC. The van der Waals surface area contributed by atoms with Gasteiger partial charge in [0.1, 0.15) is 19.0 Å². The van der Waals surface area contributed by atoms with Crippen molar-refractivity contribution < 1.29 is 28.5 Å². The summed E-state index contributed by atoms with van der Waals surface area (Å²) in [5.41, 5.74) is 2.55. The van der Waals surface area contributed by atoms with Gasteiger partial charge in [0.15, 0.2) is 11.5 Å². The maximum Gasteiger partial charge on any atom is 0.338 e. The predicted molar refractivity (Wildman–Crippen MR) is 97.8 cm³/mol. The van der Waals surface area contributed by atoms with Crippen molar-refractivity contribution in [3.8, 4) is 23.0 Å². The van der Waals surface area contributed by atoms with Crippen LogP contribution in [-0.4, -0.2) is 40.5 Å². The fourth-order valence-corrected chi connectivity index (χ4v) is 2.59. The van der Waals surface area contributed by atoms with Crippen LogP contribution < -0.4 is 18.9 Å². The van der Waals surface area contributed by atoms with Crippen molar-refractivity contribution in [1.29, 1.82) is 0 Å². The van der Waals surface area contributed by atoms with Gasteiger partial charge in [-0.15, -0.1) is 0 Å². The summed E-state index contributed by atoms with van der Waals surface area (Å²) in [5.74, 6) is 1.47. The van der Waals surface area contributed by atoms with E-state index < -0.39 is 5.97 Å². The van der Waals surface area contributed by atoms with Crippen LogP contribution in [0.25, 0.3) is 0 Å². The standard InChI is InChI=1S/C20H24O6/c1-13-8-14(2)10-16(9-13)25-6-7-26-20(21)15-11-17(22-3)19(24-5)18(12-15)23-4/h8-12H,6-7H2,1-5H3. The summed E-state index contributed by atoms with van der Waals surface area (Å²) in [7, 11) is 4.48. The number of carbonyl (C=O) groups excluding carboxylic acids is 1.